The van der Waals surface area contributed by atoms with E-state index in [1.807, 2.05) is 18.2 Å². The summed E-state index contributed by atoms with van der Waals surface area (Å²) in [6, 6.07) is 29.5. The number of methoxy groups -OCH3 is 1. The van der Waals surface area contributed by atoms with Gasteiger partial charge in [0.15, 0.2) is 16.9 Å². The first kappa shape index (κ1) is 51.0. The maximum atomic E-state index is 12.6. The van der Waals surface area contributed by atoms with Crippen molar-refractivity contribution in [2.45, 2.75) is 6.42 Å². The number of carbonyl (C=O) groups is 5. The molecule has 10 aromatic rings. The molecule has 0 bridgehead atoms. The highest BCUT2D eigenvalue weighted by Gasteiger charge is 2.15. The second-order valence-electron chi connectivity index (χ2n) is 15.3. The zero-order valence-electron chi connectivity index (χ0n) is 38.6. The van der Waals surface area contributed by atoms with Crippen LogP contribution in [0.3, 0.4) is 0 Å². The number of nitrogen functional groups attached to an aromatic ring is 1. The largest absolute Gasteiger partial charge is 0.506 e. The maximum Gasteiger partial charge on any atom is 0.335 e. The first-order valence-corrected chi connectivity index (χ1v) is 21.6. The van der Waals surface area contributed by atoms with Gasteiger partial charge in [0.2, 0.25) is 11.8 Å². The van der Waals surface area contributed by atoms with E-state index in [-0.39, 0.29) is 51.8 Å². The molecule has 21 heteroatoms. The van der Waals surface area contributed by atoms with Crippen LogP contribution >= 0.6 is 0 Å². The number of nitrogens with two attached hydrogens (primary N) is 1. The number of oxazole rings is 2. The number of carboxylic acid groups (broad SMARTS) is 3. The molecule has 0 fully saturated rings. The second kappa shape index (κ2) is 23.7. The number of benzene rings is 4. The van der Waals surface area contributed by atoms with E-state index >= 15 is 0 Å². The van der Waals surface area contributed by atoms with Crippen LogP contribution in [0.5, 0.6) is 17.2 Å². The summed E-state index contributed by atoms with van der Waals surface area (Å²) >= 11 is 0. The summed E-state index contributed by atoms with van der Waals surface area (Å²) in [4.78, 5) is 81.1. The van der Waals surface area contributed by atoms with E-state index in [4.69, 9.17) is 39.7 Å². The lowest BCUT2D eigenvalue weighted by Gasteiger charge is -2.08. The van der Waals surface area contributed by atoms with Gasteiger partial charge in [-0.25, -0.2) is 24.4 Å². The van der Waals surface area contributed by atoms with Gasteiger partial charge in [-0.3, -0.25) is 29.5 Å². The predicted molar refractivity (Wildman–Crippen MR) is 267 cm³/mol. The van der Waals surface area contributed by atoms with Gasteiger partial charge in [0.25, 0.3) is 5.91 Å². The molecule has 6 aromatic heterocycles. The number of fused-ring (bicyclic) bond motifs is 2. The number of anilines is 2. The first-order valence-electron chi connectivity index (χ1n) is 21.6. The third kappa shape index (κ3) is 13.3. The average molecular weight is 997 g/mol. The number of ketones is 1. The van der Waals surface area contributed by atoms with Gasteiger partial charge in [-0.15, -0.1) is 0 Å². The Kier molecular flexibility index (Phi) is 16.3. The number of pyridine rings is 4. The Morgan fingerprint density at radius 3 is 1.59 bits per heavy atom. The molecule has 74 heavy (non-hydrogen) atoms. The van der Waals surface area contributed by atoms with E-state index in [9.17, 15) is 29.1 Å². The molecule has 370 valence electrons. The molecule has 4 aromatic carbocycles. The Morgan fingerprint density at radius 2 is 1.07 bits per heavy atom. The van der Waals surface area contributed by atoms with Gasteiger partial charge < -0.3 is 50.2 Å². The number of phenols is 2. The molecule has 0 atom stereocenters. The minimum atomic E-state index is -1.14. The average Bonchev–Trinajstić information content (AvgIpc) is 4.06. The topological polar surface area (TPSA) is 337 Å². The highest BCUT2D eigenvalue weighted by Crippen LogP contribution is 2.28. The lowest BCUT2D eigenvalue weighted by Crippen LogP contribution is -2.12. The number of hydrogen-bond donors (Lipinski definition) is 7. The van der Waals surface area contributed by atoms with Crippen molar-refractivity contribution in [3.8, 4) is 40.2 Å². The SMILES string of the molecule is COc1cncc(CC(=O)c2ccc3oc(-c4cccnc4)nc3c2)c1.Nc1cc(C(=O)O)ccc1O.O=C(O)c1ccc(O)c(NC(=O)c2cccnc2)c1.O=C(O)c1ccc2oc(-c3cccnc3)nc2c1. The summed E-state index contributed by atoms with van der Waals surface area (Å²) in [7, 11) is 1.57. The zero-order valence-corrected chi connectivity index (χ0v) is 38.6. The molecule has 0 radical (unpaired) electrons. The number of carbonyl (C=O) groups excluding carboxylic acids is 2. The molecule has 0 spiro atoms. The number of ether oxygens (including phenoxy) is 1. The lowest BCUT2D eigenvalue weighted by molar-refractivity contribution is 0.0686. The molecular weight excluding hydrogens is 957 g/mol. The molecule has 6 heterocycles. The summed E-state index contributed by atoms with van der Waals surface area (Å²) in [5, 5.41) is 47.1. The van der Waals surface area contributed by atoms with Crippen LogP contribution in [0.15, 0.2) is 174 Å². The quantitative estimate of drug-likeness (QED) is 0.0361. The Morgan fingerprint density at radius 1 is 0.554 bits per heavy atom. The molecular formula is C53H40N8O13. The lowest BCUT2D eigenvalue weighted by atomic mass is 10.0. The van der Waals surface area contributed by atoms with Crippen molar-refractivity contribution in [3.05, 3.63) is 198 Å². The van der Waals surface area contributed by atoms with Gasteiger partial charge in [-0.2, -0.15) is 0 Å². The van der Waals surface area contributed by atoms with E-state index in [0.29, 0.717) is 50.9 Å². The fourth-order valence-corrected chi connectivity index (χ4v) is 6.49. The second-order valence-corrected chi connectivity index (χ2v) is 15.3. The maximum absolute atomic E-state index is 12.6. The van der Waals surface area contributed by atoms with Gasteiger partial charge in [0, 0.05) is 55.4 Å². The Balaban J connectivity index is 0.000000150. The summed E-state index contributed by atoms with van der Waals surface area (Å²) in [6.07, 6.45) is 13.1. The molecule has 21 nitrogen and oxygen atoms in total. The molecule has 8 N–H and O–H groups in total. The number of rotatable bonds is 11. The Hall–Kier alpha value is -10.8. The summed E-state index contributed by atoms with van der Waals surface area (Å²) in [5.41, 5.74) is 11.2. The monoisotopic (exact) mass is 996 g/mol. The number of aromatic nitrogens is 6. The molecule has 0 aliphatic heterocycles. The summed E-state index contributed by atoms with van der Waals surface area (Å²) < 4.78 is 16.4. The van der Waals surface area contributed by atoms with Crippen molar-refractivity contribution >= 4 is 63.2 Å². The number of aromatic hydroxyl groups is 2. The highest BCUT2D eigenvalue weighted by atomic mass is 16.5. The van der Waals surface area contributed by atoms with E-state index < -0.39 is 23.8 Å². The van der Waals surface area contributed by atoms with Crippen LogP contribution in [-0.2, 0) is 6.42 Å². The van der Waals surface area contributed by atoms with E-state index in [2.05, 4.69) is 35.2 Å². The fourth-order valence-electron chi connectivity index (χ4n) is 6.49. The molecule has 1 amide bonds. The van der Waals surface area contributed by atoms with Crippen LogP contribution < -0.4 is 15.8 Å². The van der Waals surface area contributed by atoms with Crippen LogP contribution in [-0.4, -0.2) is 92.1 Å². The minimum absolute atomic E-state index is 0.0205. The van der Waals surface area contributed by atoms with Crippen LogP contribution in [0.4, 0.5) is 11.4 Å². The normalized spacial score (nSPS) is 10.3. The van der Waals surface area contributed by atoms with Crippen molar-refractivity contribution in [2.24, 2.45) is 0 Å². The van der Waals surface area contributed by atoms with Gasteiger partial charge in [0.05, 0.1) is 58.1 Å². The number of phenolic OH excluding ortho intramolecular Hbond substituents is 2. The number of amides is 1. The predicted octanol–water partition coefficient (Wildman–Crippen LogP) is 8.72. The number of carboxylic acids is 3. The third-order valence-corrected chi connectivity index (χ3v) is 10.2. The molecule has 0 unspecified atom stereocenters. The van der Waals surface area contributed by atoms with E-state index in [0.717, 1.165) is 16.7 Å². The first-order chi connectivity index (χ1) is 35.6. The van der Waals surface area contributed by atoms with Crippen molar-refractivity contribution in [1.29, 1.82) is 0 Å². The molecule has 0 aliphatic carbocycles. The highest BCUT2D eigenvalue weighted by molar-refractivity contribution is 6.05. The molecule has 0 saturated carbocycles. The molecule has 0 aliphatic rings. The minimum Gasteiger partial charge on any atom is -0.506 e. The summed E-state index contributed by atoms with van der Waals surface area (Å²) in [6.45, 7) is 0. The molecule has 10 rings (SSSR count). The van der Waals surface area contributed by atoms with E-state index in [1.54, 1.807) is 92.8 Å². The number of nitrogens with one attached hydrogen (secondary N) is 1. The fraction of sp³-hybridized carbons (Fsp3) is 0.0377. The van der Waals surface area contributed by atoms with Crippen molar-refractivity contribution in [2.75, 3.05) is 18.2 Å². The summed E-state index contributed by atoms with van der Waals surface area (Å²) in [5.74, 6) is -2.45. The van der Waals surface area contributed by atoms with Gasteiger partial charge in [-0.05, 0) is 121 Å². The molecule has 0 saturated heterocycles. The number of Topliss-reactive ketones (excluding diaryl/α,β-unsaturated/α-hetero) is 1. The Bertz CT molecular complexity index is 3630. The Labute approximate surface area is 417 Å². The smallest absolute Gasteiger partial charge is 0.335 e. The number of aromatic carboxylic acids is 3. The van der Waals surface area contributed by atoms with Crippen LogP contribution in [0.25, 0.3) is 45.1 Å². The van der Waals surface area contributed by atoms with Crippen molar-refractivity contribution in [3.63, 3.8) is 0 Å². The third-order valence-electron chi connectivity index (χ3n) is 10.2. The standard InChI is InChI=1S/C20H15N3O3.C13H10N2O4.C13H8N2O3.C7H7NO3/c1-25-16-7-13(10-22-12-16)8-18(24)14-4-5-19-17(9-14)23-20(26-19)15-3-2-6-21-11-15;16-11-4-3-8(13(18)19)6-10(11)15-12(17)9-2-1-5-14-7-9;16-13(17)8-3-4-11-10(6-8)15-12(18-11)9-2-1-5-14-7-9;8-5-3-4(7(10)11)1-2-6(5)9/h2-7,9-12H,8H2,1H3;1-7,16H,(H,15,17)(H,18,19);1-7H,(H,16,17);1-3,9H,8H2,(H,10,11). The van der Waals surface area contributed by atoms with Crippen LogP contribution in [0.1, 0.15) is 57.4 Å². The van der Waals surface area contributed by atoms with Gasteiger partial charge >= 0.3 is 17.9 Å². The van der Waals surface area contributed by atoms with Gasteiger partial charge in [-0.1, -0.05) is 0 Å². The number of nitrogens with zero attached hydrogens (tertiary/aromatic N) is 6. The zero-order chi connectivity index (χ0) is 52.7. The van der Waals surface area contributed by atoms with Crippen LogP contribution in [0, 0.1) is 0 Å². The number of hydrogen-bond acceptors (Lipinski definition) is 17. The van der Waals surface area contributed by atoms with Crippen molar-refractivity contribution < 1.29 is 63.1 Å². The van der Waals surface area contributed by atoms with Crippen LogP contribution in [0.2, 0.25) is 0 Å². The van der Waals surface area contributed by atoms with Crippen molar-refractivity contribution in [1.82, 2.24) is 29.9 Å². The van der Waals surface area contributed by atoms with Gasteiger partial charge in [0.1, 0.15) is 28.3 Å². The van der Waals surface area contributed by atoms with E-state index in [1.165, 1.54) is 60.9 Å².